The SMILES string of the molecule is CCC(CC)C(C)NCc1ccco1. The summed E-state index contributed by atoms with van der Waals surface area (Å²) in [5, 5.41) is 3.49. The molecule has 0 aliphatic carbocycles. The molecular weight excluding hydrogens is 174 g/mol. The van der Waals surface area contributed by atoms with Crippen LogP contribution in [0.25, 0.3) is 0 Å². The van der Waals surface area contributed by atoms with E-state index in [1.807, 2.05) is 12.1 Å². The minimum atomic E-state index is 0.565. The lowest BCUT2D eigenvalue weighted by Gasteiger charge is -2.21. The molecule has 0 bridgehead atoms. The van der Waals surface area contributed by atoms with E-state index in [2.05, 4.69) is 26.1 Å². The molecule has 0 radical (unpaired) electrons. The Hall–Kier alpha value is -0.760. The van der Waals surface area contributed by atoms with Crippen molar-refractivity contribution in [3.63, 3.8) is 0 Å². The molecule has 0 aliphatic rings. The summed E-state index contributed by atoms with van der Waals surface area (Å²) in [7, 11) is 0. The van der Waals surface area contributed by atoms with Crippen LogP contribution in [0.5, 0.6) is 0 Å². The van der Waals surface area contributed by atoms with Gasteiger partial charge in [0.2, 0.25) is 0 Å². The van der Waals surface area contributed by atoms with Crippen LogP contribution < -0.4 is 5.32 Å². The molecule has 1 rings (SSSR count). The average molecular weight is 195 g/mol. The van der Waals surface area contributed by atoms with Gasteiger partial charge in [-0.2, -0.15) is 0 Å². The zero-order valence-electron chi connectivity index (χ0n) is 9.42. The standard InChI is InChI=1S/C12H21NO/c1-4-11(5-2)10(3)13-9-12-7-6-8-14-12/h6-8,10-11,13H,4-5,9H2,1-3H3. The van der Waals surface area contributed by atoms with Crippen LogP contribution in [0.15, 0.2) is 22.8 Å². The molecule has 0 saturated heterocycles. The maximum absolute atomic E-state index is 5.27. The van der Waals surface area contributed by atoms with Gasteiger partial charge in [0, 0.05) is 6.04 Å². The van der Waals surface area contributed by atoms with Gasteiger partial charge in [0.15, 0.2) is 0 Å². The highest BCUT2D eigenvalue weighted by Gasteiger charge is 2.12. The maximum Gasteiger partial charge on any atom is 0.117 e. The molecule has 80 valence electrons. The van der Waals surface area contributed by atoms with Crippen LogP contribution in [0.1, 0.15) is 39.4 Å². The van der Waals surface area contributed by atoms with Gasteiger partial charge in [-0.3, -0.25) is 0 Å². The van der Waals surface area contributed by atoms with E-state index in [0.717, 1.165) is 18.2 Å². The molecule has 1 aromatic heterocycles. The van der Waals surface area contributed by atoms with Gasteiger partial charge in [-0.1, -0.05) is 26.7 Å². The maximum atomic E-state index is 5.27. The summed E-state index contributed by atoms with van der Waals surface area (Å²) < 4.78 is 5.27. The second kappa shape index (κ2) is 5.86. The Labute approximate surface area is 86.7 Å². The third-order valence-corrected chi connectivity index (χ3v) is 2.93. The Balaban J connectivity index is 2.30. The molecule has 0 spiro atoms. The highest BCUT2D eigenvalue weighted by atomic mass is 16.3. The summed E-state index contributed by atoms with van der Waals surface area (Å²) in [6, 6.07) is 4.50. The predicted molar refractivity (Wildman–Crippen MR) is 59.1 cm³/mol. The largest absolute Gasteiger partial charge is 0.468 e. The zero-order valence-corrected chi connectivity index (χ0v) is 9.42. The van der Waals surface area contributed by atoms with Crippen molar-refractivity contribution in [3.05, 3.63) is 24.2 Å². The Morgan fingerprint density at radius 3 is 2.57 bits per heavy atom. The van der Waals surface area contributed by atoms with Crippen molar-refractivity contribution < 1.29 is 4.42 Å². The van der Waals surface area contributed by atoms with E-state index in [9.17, 15) is 0 Å². The van der Waals surface area contributed by atoms with Gasteiger partial charge in [0.25, 0.3) is 0 Å². The Morgan fingerprint density at radius 2 is 2.07 bits per heavy atom. The first kappa shape index (κ1) is 11.3. The summed E-state index contributed by atoms with van der Waals surface area (Å²) in [6.45, 7) is 7.59. The van der Waals surface area contributed by atoms with Crippen molar-refractivity contribution in [1.29, 1.82) is 0 Å². The molecule has 14 heavy (non-hydrogen) atoms. The van der Waals surface area contributed by atoms with E-state index in [-0.39, 0.29) is 0 Å². The lowest BCUT2D eigenvalue weighted by atomic mass is 9.95. The molecule has 0 amide bonds. The highest BCUT2D eigenvalue weighted by Crippen LogP contribution is 2.13. The summed E-state index contributed by atoms with van der Waals surface area (Å²) >= 11 is 0. The van der Waals surface area contributed by atoms with Crippen molar-refractivity contribution in [3.8, 4) is 0 Å². The first-order valence-corrected chi connectivity index (χ1v) is 5.53. The minimum Gasteiger partial charge on any atom is -0.468 e. The van der Waals surface area contributed by atoms with Gasteiger partial charge < -0.3 is 9.73 Å². The first-order chi connectivity index (χ1) is 6.77. The van der Waals surface area contributed by atoms with Crippen molar-refractivity contribution >= 4 is 0 Å². The van der Waals surface area contributed by atoms with E-state index in [0.29, 0.717) is 6.04 Å². The smallest absolute Gasteiger partial charge is 0.117 e. The predicted octanol–water partition coefficient (Wildman–Crippen LogP) is 3.19. The Morgan fingerprint density at radius 1 is 1.36 bits per heavy atom. The molecule has 0 aromatic carbocycles. The third-order valence-electron chi connectivity index (χ3n) is 2.93. The molecule has 1 aromatic rings. The Bertz CT molecular complexity index is 226. The molecular formula is C12H21NO. The van der Waals surface area contributed by atoms with Crippen LogP contribution >= 0.6 is 0 Å². The van der Waals surface area contributed by atoms with Gasteiger partial charge in [-0.15, -0.1) is 0 Å². The monoisotopic (exact) mass is 195 g/mol. The fraction of sp³-hybridized carbons (Fsp3) is 0.667. The first-order valence-electron chi connectivity index (χ1n) is 5.53. The number of hydrogen-bond acceptors (Lipinski definition) is 2. The van der Waals surface area contributed by atoms with Gasteiger partial charge in [-0.25, -0.2) is 0 Å². The van der Waals surface area contributed by atoms with E-state index < -0.39 is 0 Å². The summed E-state index contributed by atoms with van der Waals surface area (Å²) in [5.74, 6) is 1.78. The molecule has 0 fully saturated rings. The van der Waals surface area contributed by atoms with Crippen LogP contribution in [0.4, 0.5) is 0 Å². The normalized spacial score (nSPS) is 13.4. The lowest BCUT2D eigenvalue weighted by Crippen LogP contribution is -2.32. The van der Waals surface area contributed by atoms with Crippen LogP contribution in [0, 0.1) is 5.92 Å². The summed E-state index contributed by atoms with van der Waals surface area (Å²) in [5.41, 5.74) is 0. The zero-order chi connectivity index (χ0) is 10.4. The summed E-state index contributed by atoms with van der Waals surface area (Å²) in [4.78, 5) is 0. The van der Waals surface area contributed by atoms with E-state index in [1.54, 1.807) is 6.26 Å². The second-order valence-corrected chi connectivity index (χ2v) is 3.83. The van der Waals surface area contributed by atoms with Crippen molar-refractivity contribution in [1.82, 2.24) is 5.32 Å². The molecule has 1 atom stereocenters. The third kappa shape index (κ3) is 3.18. The molecule has 2 nitrogen and oxygen atoms in total. The fourth-order valence-electron chi connectivity index (χ4n) is 1.84. The van der Waals surface area contributed by atoms with Crippen molar-refractivity contribution in [2.45, 2.75) is 46.2 Å². The second-order valence-electron chi connectivity index (χ2n) is 3.83. The van der Waals surface area contributed by atoms with Crippen LogP contribution in [-0.2, 0) is 6.54 Å². The van der Waals surface area contributed by atoms with Gasteiger partial charge in [0.05, 0.1) is 12.8 Å². The van der Waals surface area contributed by atoms with Crippen LogP contribution in [0.2, 0.25) is 0 Å². The van der Waals surface area contributed by atoms with Crippen molar-refractivity contribution in [2.75, 3.05) is 0 Å². The van der Waals surface area contributed by atoms with Crippen LogP contribution in [-0.4, -0.2) is 6.04 Å². The topological polar surface area (TPSA) is 25.2 Å². The van der Waals surface area contributed by atoms with Gasteiger partial charge in [0.1, 0.15) is 5.76 Å². The van der Waals surface area contributed by atoms with Gasteiger partial charge >= 0.3 is 0 Å². The highest BCUT2D eigenvalue weighted by molar-refractivity contribution is 4.97. The molecule has 1 N–H and O–H groups in total. The Kier molecular flexibility index (Phi) is 4.74. The van der Waals surface area contributed by atoms with Gasteiger partial charge in [-0.05, 0) is 25.0 Å². The molecule has 1 heterocycles. The van der Waals surface area contributed by atoms with Crippen LogP contribution in [0.3, 0.4) is 0 Å². The average Bonchev–Trinajstić information content (AvgIpc) is 2.69. The van der Waals surface area contributed by atoms with E-state index in [4.69, 9.17) is 4.42 Å². The number of nitrogens with one attached hydrogen (secondary N) is 1. The fourth-order valence-corrected chi connectivity index (χ4v) is 1.84. The van der Waals surface area contributed by atoms with Crippen molar-refractivity contribution in [2.24, 2.45) is 5.92 Å². The minimum absolute atomic E-state index is 0.565. The van der Waals surface area contributed by atoms with E-state index in [1.165, 1.54) is 12.8 Å². The number of furan rings is 1. The molecule has 2 heteroatoms. The molecule has 0 aliphatic heterocycles. The molecule has 0 saturated carbocycles. The lowest BCUT2D eigenvalue weighted by molar-refractivity contribution is 0.340. The quantitative estimate of drug-likeness (QED) is 0.754. The number of hydrogen-bond donors (Lipinski definition) is 1. The number of rotatable bonds is 6. The summed E-state index contributed by atoms with van der Waals surface area (Å²) in [6.07, 6.45) is 4.20. The van der Waals surface area contributed by atoms with E-state index >= 15 is 0 Å². The molecule has 1 unspecified atom stereocenters.